The molecule has 0 bridgehead atoms. The molecular weight excluding hydrogens is 1070 g/mol. The predicted molar refractivity (Wildman–Crippen MR) is 353 cm³/mol. The third-order valence-electron chi connectivity index (χ3n) is 17.0. The first-order chi connectivity index (χ1) is 41.1. The minimum Gasteiger partial charge on any atom is -0.490 e. The molecule has 85 heavy (non-hydrogen) atoms. The van der Waals surface area contributed by atoms with E-state index in [9.17, 15) is 0 Å². The van der Waals surface area contributed by atoms with E-state index in [0.29, 0.717) is 54.4 Å². The number of hydrogen-bond acceptors (Lipinski definition) is 7. The van der Waals surface area contributed by atoms with Crippen LogP contribution in [0.3, 0.4) is 0 Å². The number of ether oxygens (including phenoxy) is 4. The van der Waals surface area contributed by atoms with E-state index in [2.05, 4.69) is 276 Å². The molecular formula is C77H72ClN3O4. The van der Waals surface area contributed by atoms with Gasteiger partial charge in [-0.25, -0.2) is 0 Å². The Labute approximate surface area is 506 Å². The summed E-state index contributed by atoms with van der Waals surface area (Å²) in [7, 11) is 0. The Balaban J connectivity index is 1.01. The average molecular weight is 1140 g/mol. The van der Waals surface area contributed by atoms with Crippen molar-refractivity contribution in [3.63, 3.8) is 0 Å². The van der Waals surface area contributed by atoms with Crippen molar-refractivity contribution in [2.75, 3.05) is 41.1 Å². The number of anilines is 9. The summed E-state index contributed by atoms with van der Waals surface area (Å²) >= 11 is 8.24. The Morgan fingerprint density at radius 3 is 1.22 bits per heavy atom. The van der Waals surface area contributed by atoms with Crippen LogP contribution in [0.5, 0.6) is 23.0 Å². The number of hydrogen-bond donors (Lipinski definition) is 0. The van der Waals surface area contributed by atoms with Crippen LogP contribution in [0, 0.1) is 0 Å². The first-order valence-electron chi connectivity index (χ1n) is 29.8. The van der Waals surface area contributed by atoms with Gasteiger partial charge in [0.1, 0.15) is 0 Å². The summed E-state index contributed by atoms with van der Waals surface area (Å²) in [6, 6.07) is 79.0. The molecule has 1 aliphatic carbocycles. The lowest BCUT2D eigenvalue weighted by Gasteiger charge is -2.33. The van der Waals surface area contributed by atoms with Crippen molar-refractivity contribution < 1.29 is 18.9 Å². The molecule has 10 aromatic rings. The second-order valence-electron chi connectivity index (χ2n) is 25.2. The molecule has 10 aromatic carbocycles. The Morgan fingerprint density at radius 1 is 0.341 bits per heavy atom. The normalized spacial score (nSPS) is 14.1. The Bertz CT molecular complexity index is 3950. The van der Waals surface area contributed by atoms with Crippen molar-refractivity contribution in [1.82, 2.24) is 0 Å². The smallest absolute Gasteiger partial charge is 0.163 e. The van der Waals surface area contributed by atoms with Gasteiger partial charge >= 0.3 is 0 Å². The third-order valence-corrected chi connectivity index (χ3v) is 17.4. The fraction of sp³-hybridized carbons (Fsp3) is 0.221. The van der Waals surface area contributed by atoms with Gasteiger partial charge in [-0.1, -0.05) is 176 Å². The molecule has 3 aliphatic rings. The van der Waals surface area contributed by atoms with E-state index < -0.39 is 0 Å². The van der Waals surface area contributed by atoms with Crippen LogP contribution in [0.25, 0.3) is 33.4 Å². The second kappa shape index (κ2) is 22.3. The van der Waals surface area contributed by atoms with E-state index in [4.69, 9.17) is 30.5 Å². The van der Waals surface area contributed by atoms with Crippen LogP contribution in [-0.2, 0) is 16.2 Å². The van der Waals surface area contributed by atoms with Gasteiger partial charge in [0, 0.05) is 58.8 Å². The van der Waals surface area contributed by atoms with Crippen molar-refractivity contribution in [2.24, 2.45) is 0 Å². The van der Waals surface area contributed by atoms with Crippen LogP contribution in [0.2, 0.25) is 5.02 Å². The third kappa shape index (κ3) is 10.8. The lowest BCUT2D eigenvalue weighted by Crippen LogP contribution is -2.16. The Hall–Kier alpha value is -8.91. The highest BCUT2D eigenvalue weighted by Gasteiger charge is 2.36. The van der Waals surface area contributed by atoms with Gasteiger partial charge < -0.3 is 33.6 Å². The van der Waals surface area contributed by atoms with Gasteiger partial charge in [-0.05, 0) is 164 Å². The van der Waals surface area contributed by atoms with Crippen molar-refractivity contribution in [2.45, 2.75) is 84.5 Å². The average Bonchev–Trinajstić information content (AvgIpc) is 2.26. The predicted octanol–water partition coefficient (Wildman–Crippen LogP) is 21.3. The molecule has 0 radical (unpaired) electrons. The van der Waals surface area contributed by atoms with E-state index in [1.165, 1.54) is 38.9 Å². The lowest BCUT2D eigenvalue weighted by molar-refractivity contribution is 0.296. The largest absolute Gasteiger partial charge is 0.490 e. The van der Waals surface area contributed by atoms with Gasteiger partial charge in [0.2, 0.25) is 0 Å². The number of fused-ring (bicyclic) bond motifs is 5. The maximum absolute atomic E-state index is 8.24. The highest BCUT2D eigenvalue weighted by molar-refractivity contribution is 6.37. The SMILES string of the molecule is CC(C)(C)c1ccc(N(c2ccc(C(C)(C)C)cc2)c2cc(-c3ccc(N(c4ccc(-c5ccccc5)cc4)c4ccc5c(c4)C(C)(C)c4ccccc4-5)cc3)cc(N(c3ccc4c(c3)OCCCO4)c3ccc4c(c3)OCCCO4)c2Cl)cc1. The van der Waals surface area contributed by atoms with Gasteiger partial charge in [-0.15, -0.1) is 0 Å². The topological polar surface area (TPSA) is 46.6 Å². The minimum atomic E-state index is -0.179. The molecule has 426 valence electrons. The molecule has 0 saturated carbocycles. The summed E-state index contributed by atoms with van der Waals surface area (Å²) in [5.74, 6) is 2.76. The van der Waals surface area contributed by atoms with Crippen molar-refractivity contribution >= 4 is 62.8 Å². The van der Waals surface area contributed by atoms with E-state index >= 15 is 0 Å². The standard InChI is InChI=1S/C77H72ClN3O4/c1-75(2,3)55-24-32-59(33-25-55)80(60-34-26-56(27-35-60)76(4,5)6)68-46-54(47-69(74(68)78)81(62-37-40-70-72(49-62)84-44-14-42-82-70)63-38-41-71-73(50-63)85-45-15-43-83-71)53-22-30-58(31-23-53)79(57-28-20-52(21-29-57)51-16-10-9-11-17-51)61-36-39-65-64-18-12-13-19-66(64)77(7,8)67(65)48-61/h9-13,16-41,46-50H,14-15,42-45H2,1-8H3. The van der Waals surface area contributed by atoms with E-state index in [1.807, 2.05) is 12.1 Å². The highest BCUT2D eigenvalue weighted by Crippen LogP contribution is 2.54. The molecule has 0 unspecified atom stereocenters. The summed E-state index contributed by atoms with van der Waals surface area (Å²) in [5.41, 5.74) is 20.1. The molecule has 0 amide bonds. The molecule has 0 N–H and O–H groups in total. The summed E-state index contributed by atoms with van der Waals surface area (Å²) in [6.45, 7) is 20.5. The molecule has 0 aromatic heterocycles. The van der Waals surface area contributed by atoms with Gasteiger partial charge in [0.05, 0.1) is 54.2 Å². The monoisotopic (exact) mass is 1140 g/mol. The molecule has 13 rings (SSSR count). The van der Waals surface area contributed by atoms with Crippen LogP contribution in [-0.4, -0.2) is 26.4 Å². The van der Waals surface area contributed by atoms with Crippen LogP contribution in [0.1, 0.15) is 90.5 Å². The molecule has 8 heteroatoms. The summed E-state index contributed by atoms with van der Waals surface area (Å²) in [6.07, 6.45) is 1.57. The van der Waals surface area contributed by atoms with E-state index in [0.717, 1.165) is 80.7 Å². The zero-order valence-electron chi connectivity index (χ0n) is 49.9. The highest BCUT2D eigenvalue weighted by atomic mass is 35.5. The zero-order valence-corrected chi connectivity index (χ0v) is 50.6. The minimum absolute atomic E-state index is 0.0510. The van der Waals surface area contributed by atoms with Crippen LogP contribution < -0.4 is 33.6 Å². The Kier molecular flexibility index (Phi) is 14.5. The first kappa shape index (κ1) is 55.3. The number of benzene rings is 10. The zero-order chi connectivity index (χ0) is 58.6. The summed E-state index contributed by atoms with van der Waals surface area (Å²) < 4.78 is 25.3. The number of nitrogens with zero attached hydrogens (tertiary/aromatic N) is 3. The molecule has 0 atom stereocenters. The summed E-state index contributed by atoms with van der Waals surface area (Å²) in [5, 5.41) is 0.547. The molecule has 2 heterocycles. The maximum Gasteiger partial charge on any atom is 0.163 e. The molecule has 0 spiro atoms. The molecule has 7 nitrogen and oxygen atoms in total. The molecule has 0 fully saturated rings. The van der Waals surface area contributed by atoms with Gasteiger partial charge in [0.25, 0.3) is 0 Å². The number of rotatable bonds is 11. The van der Waals surface area contributed by atoms with Crippen molar-refractivity contribution in [3.8, 4) is 56.4 Å². The maximum atomic E-state index is 8.24. The van der Waals surface area contributed by atoms with Crippen LogP contribution >= 0.6 is 11.6 Å². The van der Waals surface area contributed by atoms with Crippen LogP contribution in [0.4, 0.5) is 51.2 Å². The van der Waals surface area contributed by atoms with E-state index in [-0.39, 0.29) is 16.2 Å². The fourth-order valence-electron chi connectivity index (χ4n) is 12.3. The van der Waals surface area contributed by atoms with E-state index in [1.54, 1.807) is 0 Å². The quantitative estimate of drug-likeness (QED) is 0.128. The van der Waals surface area contributed by atoms with Gasteiger partial charge in [0.15, 0.2) is 23.0 Å². The molecule has 0 saturated heterocycles. The van der Waals surface area contributed by atoms with Crippen molar-refractivity contribution in [1.29, 1.82) is 0 Å². The second-order valence-corrected chi connectivity index (χ2v) is 25.5. The number of halogens is 1. The van der Waals surface area contributed by atoms with Crippen LogP contribution in [0.15, 0.2) is 218 Å². The van der Waals surface area contributed by atoms with Gasteiger partial charge in [-0.2, -0.15) is 0 Å². The Morgan fingerprint density at radius 2 is 0.718 bits per heavy atom. The first-order valence-corrected chi connectivity index (χ1v) is 30.2. The lowest BCUT2D eigenvalue weighted by atomic mass is 9.82. The van der Waals surface area contributed by atoms with Crippen molar-refractivity contribution in [3.05, 3.63) is 246 Å². The molecule has 2 aliphatic heterocycles. The van der Waals surface area contributed by atoms with Gasteiger partial charge in [-0.3, -0.25) is 0 Å². The fourth-order valence-corrected chi connectivity index (χ4v) is 12.5. The summed E-state index contributed by atoms with van der Waals surface area (Å²) in [4.78, 5) is 6.90.